The van der Waals surface area contributed by atoms with Gasteiger partial charge >= 0.3 is 0 Å². The lowest BCUT2D eigenvalue weighted by Crippen LogP contribution is -1.92. The molecule has 3 nitrogen and oxygen atoms in total. The van der Waals surface area contributed by atoms with Crippen LogP contribution in [0.4, 0.5) is 0 Å². The van der Waals surface area contributed by atoms with Crippen molar-refractivity contribution in [2.75, 3.05) is 0 Å². The van der Waals surface area contributed by atoms with Crippen LogP contribution in [0.1, 0.15) is 5.56 Å². The number of rotatable bonds is 3. The second kappa shape index (κ2) is 7.15. The molecule has 2 aromatic heterocycles. The number of fused-ring (bicyclic) bond motifs is 1. The van der Waals surface area contributed by atoms with Gasteiger partial charge in [-0.15, -0.1) is 0 Å². The van der Waals surface area contributed by atoms with Gasteiger partial charge in [-0.25, -0.2) is 4.98 Å². The van der Waals surface area contributed by atoms with Crippen LogP contribution in [0.15, 0.2) is 91.3 Å². The Kier molecular flexibility index (Phi) is 4.34. The van der Waals surface area contributed by atoms with Crippen LogP contribution in [0.5, 0.6) is 0 Å². The van der Waals surface area contributed by atoms with Crippen LogP contribution < -0.4 is 0 Å². The molecule has 5 aromatic rings. The van der Waals surface area contributed by atoms with Gasteiger partial charge in [-0.2, -0.15) is 0 Å². The zero-order chi connectivity index (χ0) is 19.8. The third-order valence-corrected chi connectivity index (χ3v) is 5.45. The maximum atomic E-state index is 5.47. The van der Waals surface area contributed by atoms with E-state index in [1.807, 2.05) is 22.9 Å². The summed E-state index contributed by atoms with van der Waals surface area (Å²) in [6, 6.07) is 27.4. The van der Waals surface area contributed by atoms with Crippen LogP contribution in [-0.2, 0) is 0 Å². The Labute approximate surface area is 174 Å². The first-order valence-corrected chi connectivity index (χ1v) is 9.93. The number of aromatic nitrogens is 3. The first-order valence-electron chi connectivity index (χ1n) is 9.52. The highest BCUT2D eigenvalue weighted by Crippen LogP contribution is 2.28. The molecule has 4 heteroatoms. The fourth-order valence-corrected chi connectivity index (χ4v) is 3.84. The van der Waals surface area contributed by atoms with Crippen LogP contribution >= 0.6 is 12.2 Å². The van der Waals surface area contributed by atoms with Gasteiger partial charge < -0.3 is 4.98 Å². The summed E-state index contributed by atoms with van der Waals surface area (Å²) in [5.41, 5.74) is 8.86. The number of nitrogens with zero attached hydrogens (tertiary/aromatic N) is 2. The van der Waals surface area contributed by atoms with Crippen LogP contribution in [-0.4, -0.2) is 14.4 Å². The van der Waals surface area contributed by atoms with E-state index in [4.69, 9.17) is 12.2 Å². The van der Waals surface area contributed by atoms with Gasteiger partial charge in [0, 0.05) is 18.0 Å². The molecule has 0 radical (unpaired) electrons. The molecule has 1 N–H and O–H groups in total. The average Bonchev–Trinajstić information content (AvgIpc) is 3.21. The zero-order valence-corrected chi connectivity index (χ0v) is 16.8. The molecule has 3 aromatic carbocycles. The number of aryl methyl sites for hydroxylation is 1. The summed E-state index contributed by atoms with van der Waals surface area (Å²) in [7, 11) is 0. The largest absolute Gasteiger partial charge is 0.339 e. The fourth-order valence-electron chi connectivity index (χ4n) is 3.65. The molecular weight excluding hydrogens is 374 g/mol. The van der Waals surface area contributed by atoms with Crippen molar-refractivity contribution < 1.29 is 0 Å². The van der Waals surface area contributed by atoms with E-state index in [1.165, 1.54) is 16.7 Å². The van der Waals surface area contributed by atoms with Gasteiger partial charge in [-0.05, 0) is 41.4 Å². The highest BCUT2D eigenvalue weighted by molar-refractivity contribution is 7.71. The second-order valence-electron chi connectivity index (χ2n) is 7.15. The second-order valence-corrected chi connectivity index (χ2v) is 7.52. The molecule has 0 saturated heterocycles. The molecule has 0 spiro atoms. The van der Waals surface area contributed by atoms with Gasteiger partial charge in [0.15, 0.2) is 0 Å². The van der Waals surface area contributed by atoms with Gasteiger partial charge in [-0.1, -0.05) is 84.4 Å². The Bertz CT molecular complexity index is 1360. The monoisotopic (exact) mass is 393 g/mol. The van der Waals surface area contributed by atoms with Gasteiger partial charge in [0.2, 0.25) is 4.77 Å². The molecule has 0 bridgehead atoms. The van der Waals surface area contributed by atoms with E-state index in [2.05, 4.69) is 89.7 Å². The number of nitrogens with one attached hydrogen (secondary N) is 1. The Morgan fingerprint density at radius 1 is 0.793 bits per heavy atom. The van der Waals surface area contributed by atoms with Crippen molar-refractivity contribution in [3.8, 4) is 33.5 Å². The van der Waals surface area contributed by atoms with E-state index >= 15 is 0 Å². The molecule has 0 aliphatic rings. The molecule has 5 rings (SSSR count). The quantitative estimate of drug-likeness (QED) is 0.346. The lowest BCUT2D eigenvalue weighted by atomic mass is 10.0. The number of benzene rings is 3. The molecule has 0 aliphatic heterocycles. The van der Waals surface area contributed by atoms with Crippen LogP contribution in [0.2, 0.25) is 0 Å². The molecule has 0 amide bonds. The predicted molar refractivity (Wildman–Crippen MR) is 121 cm³/mol. The number of imidazole rings is 1. The predicted octanol–water partition coefficient (Wildman–Crippen LogP) is 6.70. The molecule has 2 heterocycles. The lowest BCUT2D eigenvalue weighted by molar-refractivity contribution is 1.06. The number of hydrogen-bond acceptors (Lipinski definition) is 2. The number of aromatic amines is 1. The van der Waals surface area contributed by atoms with Gasteiger partial charge in [-0.3, -0.25) is 4.40 Å². The summed E-state index contributed by atoms with van der Waals surface area (Å²) in [5, 5.41) is 0. The highest BCUT2D eigenvalue weighted by Gasteiger charge is 2.11. The Morgan fingerprint density at radius 3 is 2.24 bits per heavy atom. The Morgan fingerprint density at radius 2 is 1.48 bits per heavy atom. The van der Waals surface area contributed by atoms with Crippen molar-refractivity contribution in [3.63, 3.8) is 0 Å². The molecule has 140 valence electrons. The normalized spacial score (nSPS) is 11.1. The van der Waals surface area contributed by atoms with E-state index in [1.54, 1.807) is 0 Å². The molecule has 29 heavy (non-hydrogen) atoms. The Balaban J connectivity index is 1.61. The van der Waals surface area contributed by atoms with Crippen molar-refractivity contribution in [2.45, 2.75) is 6.92 Å². The van der Waals surface area contributed by atoms with Crippen LogP contribution in [0.25, 0.3) is 39.2 Å². The summed E-state index contributed by atoms with van der Waals surface area (Å²) in [5.74, 6) is 0. The van der Waals surface area contributed by atoms with Gasteiger partial charge in [0.1, 0.15) is 5.65 Å². The molecule has 0 atom stereocenters. The van der Waals surface area contributed by atoms with E-state index in [0.717, 1.165) is 28.0 Å². The highest BCUT2D eigenvalue weighted by atomic mass is 32.1. The van der Waals surface area contributed by atoms with Crippen molar-refractivity contribution in [3.05, 3.63) is 102 Å². The van der Waals surface area contributed by atoms with E-state index in [9.17, 15) is 0 Å². The number of hydrogen-bond donors (Lipinski definition) is 1. The summed E-state index contributed by atoms with van der Waals surface area (Å²) in [6.45, 7) is 2.09. The third kappa shape index (κ3) is 3.28. The van der Waals surface area contributed by atoms with Crippen LogP contribution in [0, 0.1) is 11.7 Å². The van der Waals surface area contributed by atoms with Crippen LogP contribution in [0.3, 0.4) is 0 Å². The van der Waals surface area contributed by atoms with Crippen molar-refractivity contribution in [2.24, 2.45) is 0 Å². The van der Waals surface area contributed by atoms with Crippen molar-refractivity contribution >= 4 is 17.9 Å². The SMILES string of the molecule is Cc1cccc(-c2cnc(=S)n3cc(-c4ccc(-c5ccccc5)cc4)[nH]c23)c1. The molecule has 0 fully saturated rings. The first-order chi connectivity index (χ1) is 14.2. The summed E-state index contributed by atoms with van der Waals surface area (Å²) >= 11 is 5.47. The maximum Gasteiger partial charge on any atom is 0.205 e. The minimum Gasteiger partial charge on any atom is -0.339 e. The molecule has 0 unspecified atom stereocenters. The minimum atomic E-state index is 0.541. The summed E-state index contributed by atoms with van der Waals surface area (Å²) in [4.78, 5) is 7.99. The maximum absolute atomic E-state index is 5.47. The summed E-state index contributed by atoms with van der Waals surface area (Å²) < 4.78 is 2.49. The Hall–Kier alpha value is -3.50. The lowest BCUT2D eigenvalue weighted by Gasteiger charge is -2.05. The van der Waals surface area contributed by atoms with Gasteiger partial charge in [0.25, 0.3) is 0 Å². The molecule has 0 aliphatic carbocycles. The molecular formula is C25H19N3S. The van der Waals surface area contributed by atoms with Crippen molar-refractivity contribution in [1.29, 1.82) is 0 Å². The van der Waals surface area contributed by atoms with E-state index in [-0.39, 0.29) is 0 Å². The molecule has 0 saturated carbocycles. The third-order valence-electron chi connectivity index (χ3n) is 5.15. The zero-order valence-electron chi connectivity index (χ0n) is 16.0. The fraction of sp³-hybridized carbons (Fsp3) is 0.0400. The van der Waals surface area contributed by atoms with E-state index in [0.29, 0.717) is 4.77 Å². The van der Waals surface area contributed by atoms with Gasteiger partial charge in [0.05, 0.1) is 5.69 Å². The first kappa shape index (κ1) is 17.6. The number of H-pyrrole nitrogens is 1. The minimum absolute atomic E-state index is 0.541. The smallest absolute Gasteiger partial charge is 0.205 e. The topological polar surface area (TPSA) is 33.1 Å². The van der Waals surface area contributed by atoms with E-state index < -0.39 is 0 Å². The standard InChI is InChI=1S/C25H19N3S/c1-17-6-5-9-21(14-17)22-15-26-25(29)28-16-23(27-24(22)28)20-12-10-19(11-13-20)18-7-3-2-4-8-18/h2-16,27H,1H3. The summed E-state index contributed by atoms with van der Waals surface area (Å²) in [6.07, 6.45) is 3.88. The van der Waals surface area contributed by atoms with Crippen molar-refractivity contribution in [1.82, 2.24) is 14.4 Å². The average molecular weight is 394 g/mol.